The molecule has 0 saturated carbocycles. The minimum Gasteiger partial charge on any atom is -0.444 e. The molecule has 1 amide bonds. The highest BCUT2D eigenvalue weighted by atomic mass is 127. The fraction of sp³-hybridized carbons (Fsp3) is 0.895. The summed E-state index contributed by atoms with van der Waals surface area (Å²) < 4.78 is 5.49. The Morgan fingerprint density at radius 1 is 1.27 bits per heavy atom. The number of guanidine groups is 1. The molecule has 1 fully saturated rings. The van der Waals surface area contributed by atoms with Crippen LogP contribution in [-0.2, 0) is 4.74 Å². The molecule has 1 aliphatic heterocycles. The molecule has 1 saturated heterocycles. The van der Waals surface area contributed by atoms with Gasteiger partial charge in [-0.3, -0.25) is 4.99 Å². The van der Waals surface area contributed by atoms with Gasteiger partial charge in [0.05, 0.1) is 0 Å². The predicted molar refractivity (Wildman–Crippen MR) is 119 cm³/mol. The Bertz CT molecular complexity index is 434. The minimum atomic E-state index is -0.441. The lowest BCUT2D eigenvalue weighted by molar-refractivity contribution is 0.0168. The predicted octanol–water partition coefficient (Wildman–Crippen LogP) is 3.85. The van der Waals surface area contributed by atoms with Crippen molar-refractivity contribution in [1.82, 2.24) is 15.5 Å². The number of aliphatic imine (C=N–C) groups is 1. The third kappa shape index (κ3) is 9.83. The Morgan fingerprint density at radius 3 is 2.46 bits per heavy atom. The summed E-state index contributed by atoms with van der Waals surface area (Å²) in [6, 6.07) is 0. The van der Waals surface area contributed by atoms with E-state index in [0.717, 1.165) is 45.0 Å². The number of halogens is 1. The van der Waals surface area contributed by atoms with Crippen molar-refractivity contribution in [3.05, 3.63) is 0 Å². The zero-order valence-electron chi connectivity index (χ0n) is 17.4. The summed E-state index contributed by atoms with van der Waals surface area (Å²) in [5, 5.41) is 6.82. The maximum absolute atomic E-state index is 12.2. The molecule has 0 radical (unpaired) electrons. The molecule has 0 bridgehead atoms. The Kier molecular flexibility index (Phi) is 12.3. The zero-order valence-corrected chi connectivity index (χ0v) is 19.8. The number of nitrogens with one attached hydrogen (secondary N) is 2. The van der Waals surface area contributed by atoms with E-state index in [1.807, 2.05) is 25.7 Å². The first kappa shape index (κ1) is 25.3. The number of ether oxygens (including phenoxy) is 1. The summed E-state index contributed by atoms with van der Waals surface area (Å²) in [5.41, 5.74) is -0.441. The normalized spacial score (nSPS) is 18.3. The van der Waals surface area contributed by atoms with E-state index in [-0.39, 0.29) is 30.1 Å². The Morgan fingerprint density at radius 2 is 1.92 bits per heavy atom. The molecule has 1 heterocycles. The Hall–Kier alpha value is -0.730. The van der Waals surface area contributed by atoms with Gasteiger partial charge in [0.1, 0.15) is 5.60 Å². The zero-order chi connectivity index (χ0) is 18.9. The molecule has 0 aliphatic carbocycles. The van der Waals surface area contributed by atoms with Gasteiger partial charge in [-0.05, 0) is 45.4 Å². The molecule has 6 nitrogen and oxygen atoms in total. The molecule has 0 spiro atoms. The van der Waals surface area contributed by atoms with Gasteiger partial charge < -0.3 is 20.3 Å². The van der Waals surface area contributed by atoms with E-state index in [0.29, 0.717) is 11.8 Å². The number of hydrogen-bond acceptors (Lipinski definition) is 3. The number of carbonyl (C=O) groups excluding carboxylic acids is 1. The molecule has 154 valence electrons. The standard InChI is InChI=1S/C19H38N4O2.HI/c1-7-15(8-2)12-21-17(20-6)22-13-16-10-9-11-23(14-16)18(24)25-19(3,4)5;/h15-16H,7-14H2,1-6H3,(H2,20,21,22);1H. The molecule has 26 heavy (non-hydrogen) atoms. The van der Waals surface area contributed by atoms with Crippen LogP contribution >= 0.6 is 24.0 Å². The van der Waals surface area contributed by atoms with Crippen LogP contribution in [0.1, 0.15) is 60.3 Å². The fourth-order valence-corrected chi connectivity index (χ4v) is 3.00. The van der Waals surface area contributed by atoms with Crippen molar-refractivity contribution in [3.63, 3.8) is 0 Å². The molecule has 1 rings (SSSR count). The maximum atomic E-state index is 12.2. The molecule has 0 aromatic heterocycles. The van der Waals surface area contributed by atoms with E-state index < -0.39 is 5.60 Å². The van der Waals surface area contributed by atoms with Gasteiger partial charge in [-0.15, -0.1) is 24.0 Å². The monoisotopic (exact) mass is 482 g/mol. The van der Waals surface area contributed by atoms with Crippen molar-refractivity contribution in [2.45, 2.75) is 65.9 Å². The second-order valence-corrected chi connectivity index (χ2v) is 7.95. The van der Waals surface area contributed by atoms with E-state index in [2.05, 4.69) is 29.5 Å². The van der Waals surface area contributed by atoms with Gasteiger partial charge in [0.25, 0.3) is 0 Å². The quantitative estimate of drug-likeness (QED) is 0.343. The lowest BCUT2D eigenvalue weighted by Crippen LogP contribution is -2.47. The molecular formula is C19H39IN4O2. The second-order valence-electron chi connectivity index (χ2n) is 7.95. The number of hydrogen-bond donors (Lipinski definition) is 2. The van der Waals surface area contributed by atoms with Crippen LogP contribution in [0.3, 0.4) is 0 Å². The van der Waals surface area contributed by atoms with Crippen molar-refractivity contribution in [1.29, 1.82) is 0 Å². The summed E-state index contributed by atoms with van der Waals surface area (Å²) in [6.07, 6.45) is 4.29. The van der Waals surface area contributed by atoms with Crippen LogP contribution < -0.4 is 10.6 Å². The lowest BCUT2D eigenvalue weighted by Gasteiger charge is -2.34. The number of likely N-dealkylation sites (tertiary alicyclic amines) is 1. The topological polar surface area (TPSA) is 66.0 Å². The Labute approximate surface area is 176 Å². The van der Waals surface area contributed by atoms with Gasteiger partial charge in [-0.25, -0.2) is 4.79 Å². The van der Waals surface area contributed by atoms with Crippen LogP contribution in [0.25, 0.3) is 0 Å². The molecule has 1 unspecified atom stereocenters. The van der Waals surface area contributed by atoms with E-state index in [4.69, 9.17) is 4.74 Å². The van der Waals surface area contributed by atoms with Crippen LogP contribution in [0.5, 0.6) is 0 Å². The van der Waals surface area contributed by atoms with Crippen molar-refractivity contribution in [2.24, 2.45) is 16.8 Å². The summed E-state index contributed by atoms with van der Waals surface area (Å²) in [4.78, 5) is 18.4. The first-order chi connectivity index (χ1) is 11.8. The van der Waals surface area contributed by atoms with E-state index in [1.54, 1.807) is 7.05 Å². The summed E-state index contributed by atoms with van der Waals surface area (Å²) in [6.45, 7) is 13.5. The van der Waals surface area contributed by atoms with Gasteiger partial charge in [0, 0.05) is 33.2 Å². The Balaban J connectivity index is 0.00000625. The van der Waals surface area contributed by atoms with Crippen LogP contribution in [-0.4, -0.2) is 55.8 Å². The molecule has 1 atom stereocenters. The average Bonchev–Trinajstić information content (AvgIpc) is 2.57. The number of nitrogens with zero attached hydrogens (tertiary/aromatic N) is 2. The first-order valence-electron chi connectivity index (χ1n) is 9.71. The summed E-state index contributed by atoms with van der Waals surface area (Å²) >= 11 is 0. The van der Waals surface area contributed by atoms with Crippen molar-refractivity contribution in [3.8, 4) is 0 Å². The highest BCUT2D eigenvalue weighted by Gasteiger charge is 2.27. The van der Waals surface area contributed by atoms with Crippen molar-refractivity contribution in [2.75, 3.05) is 33.2 Å². The van der Waals surface area contributed by atoms with E-state index in [1.165, 1.54) is 12.8 Å². The minimum absolute atomic E-state index is 0. The van der Waals surface area contributed by atoms with Gasteiger partial charge in [0.15, 0.2) is 5.96 Å². The van der Waals surface area contributed by atoms with Gasteiger partial charge in [-0.1, -0.05) is 26.7 Å². The molecule has 1 aliphatic rings. The van der Waals surface area contributed by atoms with Gasteiger partial charge in [0.2, 0.25) is 0 Å². The number of amides is 1. The lowest BCUT2D eigenvalue weighted by atomic mass is 9.98. The summed E-state index contributed by atoms with van der Waals surface area (Å²) in [5.74, 6) is 1.95. The van der Waals surface area contributed by atoms with Crippen LogP contribution in [0.15, 0.2) is 4.99 Å². The average molecular weight is 482 g/mol. The highest BCUT2D eigenvalue weighted by molar-refractivity contribution is 14.0. The molecule has 7 heteroatoms. The summed E-state index contributed by atoms with van der Waals surface area (Å²) in [7, 11) is 1.80. The van der Waals surface area contributed by atoms with Crippen molar-refractivity contribution >= 4 is 36.0 Å². The third-order valence-electron chi connectivity index (χ3n) is 4.67. The molecular weight excluding hydrogens is 443 g/mol. The van der Waals surface area contributed by atoms with Gasteiger partial charge >= 0.3 is 6.09 Å². The highest BCUT2D eigenvalue weighted by Crippen LogP contribution is 2.18. The SMILES string of the molecule is CCC(CC)CNC(=NC)NCC1CCCN(C(=O)OC(C)(C)C)C1.I. The van der Waals surface area contributed by atoms with E-state index >= 15 is 0 Å². The molecule has 0 aromatic carbocycles. The number of piperidine rings is 1. The van der Waals surface area contributed by atoms with Crippen LogP contribution in [0, 0.1) is 11.8 Å². The fourth-order valence-electron chi connectivity index (χ4n) is 3.00. The van der Waals surface area contributed by atoms with Gasteiger partial charge in [-0.2, -0.15) is 0 Å². The molecule has 0 aromatic rings. The largest absolute Gasteiger partial charge is 0.444 e. The van der Waals surface area contributed by atoms with Crippen molar-refractivity contribution < 1.29 is 9.53 Å². The van der Waals surface area contributed by atoms with Crippen LogP contribution in [0.2, 0.25) is 0 Å². The second kappa shape index (κ2) is 12.6. The molecule has 2 N–H and O–H groups in total. The smallest absolute Gasteiger partial charge is 0.410 e. The maximum Gasteiger partial charge on any atom is 0.410 e. The number of carbonyl (C=O) groups is 1. The van der Waals surface area contributed by atoms with Crippen LogP contribution in [0.4, 0.5) is 4.79 Å². The number of rotatable bonds is 6. The van der Waals surface area contributed by atoms with E-state index in [9.17, 15) is 4.79 Å². The first-order valence-corrected chi connectivity index (χ1v) is 9.71. The third-order valence-corrected chi connectivity index (χ3v) is 4.67.